The van der Waals surface area contributed by atoms with Gasteiger partial charge in [-0.15, -0.1) is 12.6 Å². The lowest BCUT2D eigenvalue weighted by molar-refractivity contribution is 0.0691. The summed E-state index contributed by atoms with van der Waals surface area (Å²) < 4.78 is 5.34. The van der Waals surface area contributed by atoms with Crippen LogP contribution in [0.1, 0.15) is 23.7 Å². The molecular formula is C10H12O3S. The van der Waals surface area contributed by atoms with Crippen molar-refractivity contribution in [3.63, 3.8) is 0 Å². The number of carboxylic acid groups (broad SMARTS) is 1. The van der Waals surface area contributed by atoms with E-state index >= 15 is 0 Å². The van der Waals surface area contributed by atoms with Crippen LogP contribution in [0, 0.1) is 0 Å². The second kappa shape index (κ2) is 4.91. The van der Waals surface area contributed by atoms with Crippen LogP contribution in [0.2, 0.25) is 0 Å². The Kier molecular flexibility index (Phi) is 3.83. The fourth-order valence-electron chi connectivity index (χ4n) is 0.976. The van der Waals surface area contributed by atoms with Gasteiger partial charge in [0.1, 0.15) is 16.7 Å². The smallest absolute Gasteiger partial charge is 0.339 e. The van der Waals surface area contributed by atoms with Crippen LogP contribution in [0.4, 0.5) is 0 Å². The van der Waals surface area contributed by atoms with Gasteiger partial charge in [-0.2, -0.15) is 0 Å². The van der Waals surface area contributed by atoms with E-state index in [1.54, 1.807) is 18.2 Å². The summed E-state index contributed by atoms with van der Waals surface area (Å²) in [4.78, 5) is 10.8. The van der Waals surface area contributed by atoms with E-state index in [-0.39, 0.29) is 11.0 Å². The molecular weight excluding hydrogens is 200 g/mol. The molecule has 0 fully saturated rings. The van der Waals surface area contributed by atoms with E-state index in [0.29, 0.717) is 5.75 Å². The van der Waals surface area contributed by atoms with Crippen molar-refractivity contribution in [2.24, 2.45) is 0 Å². The molecule has 0 aliphatic carbocycles. The number of carbonyl (C=O) groups is 1. The van der Waals surface area contributed by atoms with Crippen LogP contribution >= 0.6 is 12.6 Å². The molecule has 1 aromatic carbocycles. The molecule has 0 bridgehead atoms. The predicted molar refractivity (Wildman–Crippen MR) is 57.1 cm³/mol. The summed E-state index contributed by atoms with van der Waals surface area (Å²) in [6, 6.07) is 6.53. The Labute approximate surface area is 88.1 Å². The Morgan fingerprint density at radius 1 is 1.57 bits per heavy atom. The van der Waals surface area contributed by atoms with Gasteiger partial charge < -0.3 is 9.84 Å². The number of thiol groups is 1. The number of hydrogen-bond acceptors (Lipinski definition) is 3. The van der Waals surface area contributed by atoms with Crippen LogP contribution in [0.25, 0.3) is 0 Å². The zero-order valence-electron chi connectivity index (χ0n) is 7.80. The standard InChI is InChI=1S/C10H12O3S/c1-2-9(14)13-8-6-4-3-5-7(8)10(11)12/h3-6,9,14H,2H2,1H3,(H,11,12). The van der Waals surface area contributed by atoms with Gasteiger partial charge in [0.25, 0.3) is 0 Å². The lowest BCUT2D eigenvalue weighted by Crippen LogP contribution is -2.10. The third-order valence-corrected chi connectivity index (χ3v) is 2.20. The van der Waals surface area contributed by atoms with Crippen LogP contribution in [-0.4, -0.2) is 16.5 Å². The van der Waals surface area contributed by atoms with Crippen molar-refractivity contribution in [2.75, 3.05) is 0 Å². The van der Waals surface area contributed by atoms with Gasteiger partial charge in [-0.05, 0) is 18.6 Å². The number of ether oxygens (including phenoxy) is 1. The van der Waals surface area contributed by atoms with Crippen molar-refractivity contribution in [3.8, 4) is 5.75 Å². The van der Waals surface area contributed by atoms with Crippen LogP contribution in [0.15, 0.2) is 24.3 Å². The van der Waals surface area contributed by atoms with E-state index in [0.717, 1.165) is 6.42 Å². The van der Waals surface area contributed by atoms with Gasteiger partial charge in [0.05, 0.1) is 0 Å². The lowest BCUT2D eigenvalue weighted by atomic mass is 10.2. The number of carboxylic acids is 1. The van der Waals surface area contributed by atoms with Gasteiger partial charge in [0.15, 0.2) is 0 Å². The monoisotopic (exact) mass is 212 g/mol. The highest BCUT2D eigenvalue weighted by atomic mass is 32.1. The fraction of sp³-hybridized carbons (Fsp3) is 0.300. The van der Waals surface area contributed by atoms with Crippen LogP contribution in [-0.2, 0) is 0 Å². The maximum Gasteiger partial charge on any atom is 0.339 e. The summed E-state index contributed by atoms with van der Waals surface area (Å²) in [6.07, 6.45) is 0.719. The van der Waals surface area contributed by atoms with Gasteiger partial charge in [-0.3, -0.25) is 0 Å². The largest absolute Gasteiger partial charge is 0.479 e. The molecule has 0 aliphatic heterocycles. The number of benzene rings is 1. The van der Waals surface area contributed by atoms with Crippen molar-refractivity contribution in [2.45, 2.75) is 18.8 Å². The zero-order valence-corrected chi connectivity index (χ0v) is 8.70. The van der Waals surface area contributed by atoms with Crippen molar-refractivity contribution < 1.29 is 14.6 Å². The molecule has 0 heterocycles. The Bertz CT molecular complexity index is 325. The van der Waals surface area contributed by atoms with E-state index in [1.165, 1.54) is 6.07 Å². The average Bonchev–Trinajstić information content (AvgIpc) is 2.18. The minimum absolute atomic E-state index is 0.167. The van der Waals surface area contributed by atoms with E-state index in [1.807, 2.05) is 6.92 Å². The van der Waals surface area contributed by atoms with Gasteiger partial charge in [-0.1, -0.05) is 19.1 Å². The Hall–Kier alpha value is -1.16. The molecule has 4 heteroatoms. The molecule has 76 valence electrons. The first-order chi connectivity index (χ1) is 6.65. The molecule has 0 spiro atoms. The summed E-state index contributed by atoms with van der Waals surface area (Å²) >= 11 is 4.14. The van der Waals surface area contributed by atoms with Gasteiger partial charge in [0, 0.05) is 0 Å². The molecule has 1 unspecified atom stereocenters. The molecule has 0 saturated carbocycles. The van der Waals surface area contributed by atoms with Crippen molar-refractivity contribution in [3.05, 3.63) is 29.8 Å². The first-order valence-electron chi connectivity index (χ1n) is 4.32. The first-order valence-corrected chi connectivity index (χ1v) is 4.83. The average molecular weight is 212 g/mol. The van der Waals surface area contributed by atoms with Crippen LogP contribution < -0.4 is 4.74 Å². The fourth-order valence-corrected chi connectivity index (χ4v) is 1.09. The maximum atomic E-state index is 10.8. The van der Waals surface area contributed by atoms with Crippen LogP contribution in [0.3, 0.4) is 0 Å². The minimum atomic E-state index is -0.989. The van der Waals surface area contributed by atoms with Gasteiger partial charge >= 0.3 is 5.97 Å². The molecule has 0 saturated heterocycles. The molecule has 1 rings (SSSR count). The molecule has 1 aromatic rings. The molecule has 0 radical (unpaired) electrons. The Balaban J connectivity index is 2.90. The van der Waals surface area contributed by atoms with Crippen LogP contribution in [0.5, 0.6) is 5.75 Å². The SMILES string of the molecule is CCC(S)Oc1ccccc1C(=O)O. The summed E-state index contributed by atoms with van der Waals surface area (Å²) in [5, 5.41) is 8.85. The highest BCUT2D eigenvalue weighted by molar-refractivity contribution is 7.80. The second-order valence-corrected chi connectivity index (χ2v) is 3.36. The summed E-state index contributed by atoms with van der Waals surface area (Å²) in [5.74, 6) is -0.626. The van der Waals surface area contributed by atoms with Gasteiger partial charge in [0.2, 0.25) is 0 Å². The van der Waals surface area contributed by atoms with Gasteiger partial charge in [-0.25, -0.2) is 4.79 Å². The molecule has 0 aromatic heterocycles. The van der Waals surface area contributed by atoms with E-state index in [2.05, 4.69) is 12.6 Å². The summed E-state index contributed by atoms with van der Waals surface area (Å²) in [6.45, 7) is 1.92. The minimum Gasteiger partial charge on any atom is -0.479 e. The molecule has 1 atom stereocenters. The first kappa shape index (κ1) is 10.9. The van der Waals surface area contributed by atoms with Crippen molar-refractivity contribution in [1.29, 1.82) is 0 Å². The number of rotatable bonds is 4. The number of hydrogen-bond donors (Lipinski definition) is 2. The third-order valence-electron chi connectivity index (χ3n) is 1.73. The molecule has 3 nitrogen and oxygen atoms in total. The topological polar surface area (TPSA) is 46.5 Å². The molecule has 0 amide bonds. The Morgan fingerprint density at radius 2 is 2.21 bits per heavy atom. The third kappa shape index (κ3) is 2.67. The van der Waals surface area contributed by atoms with E-state index in [4.69, 9.17) is 9.84 Å². The lowest BCUT2D eigenvalue weighted by Gasteiger charge is -2.13. The quantitative estimate of drug-likeness (QED) is 0.595. The predicted octanol–water partition coefficient (Wildman–Crippen LogP) is 2.43. The summed E-state index contributed by atoms with van der Waals surface area (Å²) in [7, 11) is 0. The normalized spacial score (nSPS) is 12.1. The number of para-hydroxylation sites is 1. The Morgan fingerprint density at radius 3 is 2.79 bits per heavy atom. The highest BCUT2D eigenvalue weighted by Gasteiger charge is 2.11. The van der Waals surface area contributed by atoms with E-state index < -0.39 is 5.97 Å². The highest BCUT2D eigenvalue weighted by Crippen LogP contribution is 2.20. The second-order valence-electron chi connectivity index (χ2n) is 2.78. The molecule has 0 aliphatic rings. The zero-order chi connectivity index (χ0) is 10.6. The summed E-state index contributed by atoms with van der Waals surface area (Å²) in [5.41, 5.74) is -0.101. The van der Waals surface area contributed by atoms with Crippen molar-refractivity contribution in [1.82, 2.24) is 0 Å². The maximum absolute atomic E-state index is 10.8. The number of aromatic carboxylic acids is 1. The molecule has 1 N–H and O–H groups in total. The van der Waals surface area contributed by atoms with Crippen molar-refractivity contribution >= 4 is 18.6 Å². The molecule has 14 heavy (non-hydrogen) atoms. The van der Waals surface area contributed by atoms with E-state index in [9.17, 15) is 4.79 Å².